The molecule has 0 aliphatic rings. The molecule has 0 amide bonds. The lowest BCUT2D eigenvalue weighted by molar-refractivity contribution is 0.484. The number of hydrogen-bond acceptors (Lipinski definition) is 2. The van der Waals surface area contributed by atoms with Crippen molar-refractivity contribution >= 4 is 0 Å². The van der Waals surface area contributed by atoms with Gasteiger partial charge in [-0.05, 0) is 53.8 Å². The molecule has 2 aromatic heterocycles. The zero-order chi connectivity index (χ0) is 17.1. The summed E-state index contributed by atoms with van der Waals surface area (Å²) in [4.78, 5) is 4.11. The first-order chi connectivity index (χ1) is 11.6. The lowest BCUT2D eigenvalue weighted by Crippen LogP contribution is -2.04. The Balaban J connectivity index is 2.16. The minimum atomic E-state index is -0.242. The molecular weight excluding hydrogens is 301 g/mol. The van der Waals surface area contributed by atoms with Crippen LogP contribution in [0, 0.1) is 17.9 Å². The van der Waals surface area contributed by atoms with Crippen LogP contribution in [0.4, 0.5) is 4.39 Å². The van der Waals surface area contributed by atoms with E-state index < -0.39 is 0 Å². The molecule has 0 aliphatic heterocycles. The molecule has 2 heterocycles. The molecule has 0 N–H and O–H groups in total. The Bertz CT molecular complexity index is 819. The van der Waals surface area contributed by atoms with E-state index in [1.807, 2.05) is 10.7 Å². The minimum absolute atomic E-state index is 0.242. The van der Waals surface area contributed by atoms with Crippen LogP contribution in [0.3, 0.4) is 0 Å². The average molecular weight is 322 g/mol. The Kier molecular flexibility index (Phi) is 4.74. The van der Waals surface area contributed by atoms with E-state index in [9.17, 15) is 4.39 Å². The zero-order valence-electron chi connectivity index (χ0n) is 14.3. The number of aryl methyl sites for hydroxylation is 1. The lowest BCUT2D eigenvalue weighted by Gasteiger charge is -2.07. The highest BCUT2D eigenvalue weighted by atomic mass is 19.1. The van der Waals surface area contributed by atoms with E-state index in [1.165, 1.54) is 12.1 Å². The van der Waals surface area contributed by atoms with Crippen LogP contribution in [-0.4, -0.2) is 14.8 Å². The Morgan fingerprint density at radius 3 is 2.54 bits per heavy atom. The second-order valence-corrected chi connectivity index (χ2v) is 6.32. The summed E-state index contributed by atoms with van der Waals surface area (Å²) in [6, 6.07) is 8.49. The van der Waals surface area contributed by atoms with Crippen molar-refractivity contribution in [3.05, 3.63) is 60.3 Å². The summed E-state index contributed by atoms with van der Waals surface area (Å²) in [6.45, 7) is 7.25. The molecule has 0 fully saturated rings. The molecule has 24 heavy (non-hydrogen) atoms. The molecule has 0 unspecified atom stereocenters. The van der Waals surface area contributed by atoms with Gasteiger partial charge in [-0.3, -0.25) is 9.67 Å². The Labute approximate surface area is 142 Å². The van der Waals surface area contributed by atoms with Crippen LogP contribution in [0.15, 0.2) is 42.7 Å². The highest BCUT2D eigenvalue weighted by Gasteiger charge is 2.16. The van der Waals surface area contributed by atoms with Gasteiger partial charge >= 0.3 is 0 Å². The van der Waals surface area contributed by atoms with E-state index in [1.54, 1.807) is 18.3 Å². The molecule has 0 saturated carbocycles. The molecule has 0 bridgehead atoms. The van der Waals surface area contributed by atoms with Crippen LogP contribution in [0.25, 0.3) is 22.4 Å². The van der Waals surface area contributed by atoms with Gasteiger partial charge in [0.2, 0.25) is 0 Å². The molecular formula is C20H21FN3. The Morgan fingerprint density at radius 2 is 1.88 bits per heavy atom. The maximum Gasteiger partial charge on any atom is 0.123 e. The van der Waals surface area contributed by atoms with Gasteiger partial charge in [0.05, 0.1) is 6.20 Å². The fourth-order valence-electron chi connectivity index (χ4n) is 2.82. The van der Waals surface area contributed by atoms with Crippen molar-refractivity contribution in [2.24, 2.45) is 5.92 Å². The second-order valence-electron chi connectivity index (χ2n) is 6.32. The lowest BCUT2D eigenvalue weighted by atomic mass is 9.98. The first-order valence-corrected chi connectivity index (χ1v) is 8.27. The molecule has 3 nitrogen and oxygen atoms in total. The second kappa shape index (κ2) is 6.95. The van der Waals surface area contributed by atoms with E-state index >= 15 is 0 Å². The molecule has 0 atom stereocenters. The predicted molar refractivity (Wildman–Crippen MR) is 93.9 cm³/mol. The number of benzene rings is 1. The summed E-state index contributed by atoms with van der Waals surface area (Å²) in [5, 5.41) is 4.76. The molecule has 4 heteroatoms. The van der Waals surface area contributed by atoms with Gasteiger partial charge in [-0.1, -0.05) is 20.8 Å². The summed E-state index contributed by atoms with van der Waals surface area (Å²) < 4.78 is 15.3. The fraction of sp³-hybridized carbons (Fsp3) is 0.300. The third kappa shape index (κ3) is 3.37. The van der Waals surface area contributed by atoms with Crippen LogP contribution in [0.2, 0.25) is 0 Å². The van der Waals surface area contributed by atoms with E-state index in [4.69, 9.17) is 5.10 Å². The number of aromatic nitrogens is 3. The smallest absolute Gasteiger partial charge is 0.123 e. The largest absolute Gasteiger partial charge is 0.271 e. The Hall–Kier alpha value is -2.49. The molecule has 0 spiro atoms. The van der Waals surface area contributed by atoms with Crippen LogP contribution >= 0.6 is 0 Å². The highest BCUT2D eigenvalue weighted by molar-refractivity contribution is 5.81. The molecule has 3 aromatic rings. The topological polar surface area (TPSA) is 30.7 Å². The van der Waals surface area contributed by atoms with Crippen LogP contribution in [0.1, 0.15) is 26.3 Å². The third-order valence-corrected chi connectivity index (χ3v) is 3.92. The van der Waals surface area contributed by atoms with Crippen molar-refractivity contribution in [3.8, 4) is 22.4 Å². The van der Waals surface area contributed by atoms with E-state index in [0.717, 1.165) is 40.9 Å². The normalized spacial score (nSPS) is 11.2. The molecule has 3 rings (SSSR count). The van der Waals surface area contributed by atoms with E-state index in [2.05, 4.69) is 38.1 Å². The predicted octanol–water partition coefficient (Wildman–Crippen LogP) is 4.77. The maximum absolute atomic E-state index is 13.3. The van der Waals surface area contributed by atoms with E-state index in [-0.39, 0.29) is 5.82 Å². The van der Waals surface area contributed by atoms with Gasteiger partial charge in [0.15, 0.2) is 0 Å². The molecule has 123 valence electrons. The third-order valence-electron chi connectivity index (χ3n) is 3.92. The summed E-state index contributed by atoms with van der Waals surface area (Å²) in [5.41, 5.74) is 4.96. The van der Waals surface area contributed by atoms with E-state index in [0.29, 0.717) is 5.92 Å². The quantitative estimate of drug-likeness (QED) is 0.677. The number of halogens is 1. The summed E-state index contributed by atoms with van der Waals surface area (Å²) >= 11 is 0. The van der Waals surface area contributed by atoms with Crippen molar-refractivity contribution in [1.29, 1.82) is 0 Å². The van der Waals surface area contributed by atoms with Crippen molar-refractivity contribution < 1.29 is 4.39 Å². The molecule has 0 aliphatic carbocycles. The number of rotatable bonds is 5. The Morgan fingerprint density at radius 1 is 1.12 bits per heavy atom. The molecule has 1 radical (unpaired) electrons. The number of hydrogen-bond donors (Lipinski definition) is 0. The first kappa shape index (κ1) is 16.4. The SMILES string of the molecule is CCc1[c]nccc1-c1cn(CC(C)C)nc1-c1ccc(F)cc1. The fourth-order valence-corrected chi connectivity index (χ4v) is 2.82. The molecule has 0 saturated heterocycles. The van der Waals surface area contributed by atoms with Crippen LogP contribution in [0.5, 0.6) is 0 Å². The number of pyridine rings is 1. The van der Waals surface area contributed by atoms with Gasteiger partial charge in [0, 0.05) is 30.1 Å². The molecule has 1 aromatic carbocycles. The minimum Gasteiger partial charge on any atom is -0.271 e. The summed E-state index contributed by atoms with van der Waals surface area (Å²) in [5.74, 6) is 0.252. The standard InChI is InChI=1S/C20H21FN3/c1-4-15-11-22-10-9-18(15)19-13-24(12-14(2)3)23-20(19)16-5-7-17(21)8-6-16/h5-10,13-14H,4,12H2,1-3H3. The maximum atomic E-state index is 13.3. The van der Waals surface area contributed by atoms with Gasteiger partial charge in [-0.2, -0.15) is 5.10 Å². The van der Waals surface area contributed by atoms with Crippen molar-refractivity contribution in [1.82, 2.24) is 14.8 Å². The first-order valence-electron chi connectivity index (χ1n) is 8.27. The summed E-state index contributed by atoms with van der Waals surface area (Å²) in [6.07, 6.45) is 7.75. The van der Waals surface area contributed by atoms with Crippen molar-refractivity contribution in [2.45, 2.75) is 33.7 Å². The van der Waals surface area contributed by atoms with Gasteiger partial charge in [-0.15, -0.1) is 0 Å². The number of nitrogens with zero attached hydrogens (tertiary/aromatic N) is 3. The van der Waals surface area contributed by atoms with Crippen molar-refractivity contribution in [3.63, 3.8) is 0 Å². The van der Waals surface area contributed by atoms with Crippen LogP contribution in [-0.2, 0) is 13.0 Å². The van der Waals surface area contributed by atoms with Crippen molar-refractivity contribution in [2.75, 3.05) is 0 Å². The monoisotopic (exact) mass is 322 g/mol. The highest BCUT2D eigenvalue weighted by Crippen LogP contribution is 2.33. The average Bonchev–Trinajstić information content (AvgIpc) is 2.98. The van der Waals surface area contributed by atoms with Gasteiger partial charge < -0.3 is 0 Å². The summed E-state index contributed by atoms with van der Waals surface area (Å²) in [7, 11) is 0. The van der Waals surface area contributed by atoms with Crippen LogP contribution < -0.4 is 0 Å². The van der Waals surface area contributed by atoms with Gasteiger partial charge in [-0.25, -0.2) is 4.39 Å². The van der Waals surface area contributed by atoms with Gasteiger partial charge in [0.25, 0.3) is 0 Å². The zero-order valence-corrected chi connectivity index (χ0v) is 14.3. The van der Waals surface area contributed by atoms with Gasteiger partial charge in [0.1, 0.15) is 11.5 Å².